The SMILES string of the molecule is O=C(O)CC1CC2CCC(C1)N2C(=O)c1cccc(Cl)c1. The zero-order valence-corrected chi connectivity index (χ0v) is 12.4. The summed E-state index contributed by atoms with van der Waals surface area (Å²) in [5.74, 6) is -0.517. The lowest BCUT2D eigenvalue weighted by Crippen LogP contribution is -2.46. The second-order valence-corrected chi connectivity index (χ2v) is 6.48. The Morgan fingerprint density at radius 1 is 1.24 bits per heavy atom. The number of benzene rings is 1. The molecule has 5 heteroatoms. The standard InChI is InChI=1S/C16H18ClNO3/c17-12-3-1-2-11(9-12)16(21)18-13-4-5-14(18)7-10(6-13)8-15(19)20/h1-3,9-10,13-14H,4-8H2,(H,19,20). The van der Waals surface area contributed by atoms with Crippen molar-refractivity contribution in [3.05, 3.63) is 34.9 Å². The second kappa shape index (κ2) is 5.68. The molecule has 2 heterocycles. The number of amides is 1. The summed E-state index contributed by atoms with van der Waals surface area (Å²) in [4.78, 5) is 25.5. The third-order valence-electron chi connectivity index (χ3n) is 4.60. The predicted octanol–water partition coefficient (Wildman–Crippen LogP) is 3.20. The monoisotopic (exact) mass is 307 g/mol. The Morgan fingerprint density at radius 3 is 2.48 bits per heavy atom. The van der Waals surface area contributed by atoms with Gasteiger partial charge >= 0.3 is 5.97 Å². The number of piperidine rings is 1. The number of nitrogens with zero attached hydrogens (tertiary/aromatic N) is 1. The molecule has 1 amide bonds. The molecule has 0 saturated carbocycles. The summed E-state index contributed by atoms with van der Waals surface area (Å²) in [5.41, 5.74) is 0.621. The molecule has 1 aromatic carbocycles. The van der Waals surface area contributed by atoms with Crippen molar-refractivity contribution in [1.82, 2.24) is 4.90 Å². The highest BCUT2D eigenvalue weighted by molar-refractivity contribution is 6.30. The van der Waals surface area contributed by atoms with Crippen LogP contribution in [0.1, 0.15) is 42.5 Å². The minimum Gasteiger partial charge on any atom is -0.481 e. The van der Waals surface area contributed by atoms with E-state index < -0.39 is 5.97 Å². The lowest BCUT2D eigenvalue weighted by atomic mass is 9.88. The van der Waals surface area contributed by atoms with Crippen LogP contribution in [-0.4, -0.2) is 34.0 Å². The van der Waals surface area contributed by atoms with Crippen molar-refractivity contribution in [3.63, 3.8) is 0 Å². The molecule has 2 unspecified atom stereocenters. The fraction of sp³-hybridized carbons (Fsp3) is 0.500. The van der Waals surface area contributed by atoms with Crippen molar-refractivity contribution >= 4 is 23.5 Å². The summed E-state index contributed by atoms with van der Waals surface area (Å²) in [7, 11) is 0. The first-order chi connectivity index (χ1) is 10.0. The summed E-state index contributed by atoms with van der Waals surface area (Å²) in [6, 6.07) is 7.39. The van der Waals surface area contributed by atoms with Crippen LogP contribution in [0.15, 0.2) is 24.3 Å². The summed E-state index contributed by atoms with van der Waals surface area (Å²) in [5, 5.41) is 9.51. The topological polar surface area (TPSA) is 57.6 Å². The number of carboxylic acid groups (broad SMARTS) is 1. The average molecular weight is 308 g/mol. The van der Waals surface area contributed by atoms with Gasteiger partial charge in [0.05, 0.1) is 0 Å². The van der Waals surface area contributed by atoms with Gasteiger partial charge < -0.3 is 10.0 Å². The Morgan fingerprint density at radius 2 is 1.90 bits per heavy atom. The van der Waals surface area contributed by atoms with Crippen molar-refractivity contribution in [2.24, 2.45) is 5.92 Å². The number of halogens is 1. The van der Waals surface area contributed by atoms with Gasteiger partial charge in [0.2, 0.25) is 0 Å². The molecule has 2 bridgehead atoms. The molecule has 2 saturated heterocycles. The first-order valence-electron chi connectivity index (χ1n) is 7.34. The van der Waals surface area contributed by atoms with Crippen LogP contribution in [0.5, 0.6) is 0 Å². The lowest BCUT2D eigenvalue weighted by Gasteiger charge is -2.38. The molecule has 3 rings (SSSR count). The number of carboxylic acids is 1. The minimum absolute atomic E-state index is 0.0266. The molecule has 2 fully saturated rings. The van der Waals surface area contributed by atoms with Crippen molar-refractivity contribution in [1.29, 1.82) is 0 Å². The Balaban J connectivity index is 1.76. The van der Waals surface area contributed by atoms with Crippen LogP contribution < -0.4 is 0 Å². The molecule has 2 aliphatic heterocycles. The maximum atomic E-state index is 12.7. The highest BCUT2D eigenvalue weighted by Crippen LogP contribution is 2.40. The molecular formula is C16H18ClNO3. The van der Waals surface area contributed by atoms with E-state index in [1.54, 1.807) is 24.3 Å². The van der Waals surface area contributed by atoms with Crippen molar-refractivity contribution in [2.45, 2.75) is 44.2 Å². The number of fused-ring (bicyclic) bond motifs is 2. The van der Waals surface area contributed by atoms with Gasteiger partial charge in [0.1, 0.15) is 0 Å². The van der Waals surface area contributed by atoms with Gasteiger partial charge in [-0.15, -0.1) is 0 Å². The van der Waals surface area contributed by atoms with Gasteiger partial charge in [-0.2, -0.15) is 0 Å². The van der Waals surface area contributed by atoms with Gasteiger partial charge in [0.15, 0.2) is 0 Å². The van der Waals surface area contributed by atoms with E-state index in [0.717, 1.165) is 25.7 Å². The largest absolute Gasteiger partial charge is 0.481 e. The molecule has 1 aromatic rings. The van der Waals surface area contributed by atoms with Crippen LogP contribution in [0.25, 0.3) is 0 Å². The van der Waals surface area contributed by atoms with Crippen LogP contribution in [0, 0.1) is 5.92 Å². The fourth-order valence-corrected chi connectivity index (χ4v) is 4.00. The Hall–Kier alpha value is -1.55. The molecule has 1 N–H and O–H groups in total. The maximum Gasteiger partial charge on any atom is 0.303 e. The molecule has 112 valence electrons. The number of aliphatic carboxylic acids is 1. The molecule has 2 aliphatic rings. The van der Waals surface area contributed by atoms with E-state index >= 15 is 0 Å². The molecule has 4 nitrogen and oxygen atoms in total. The van der Waals surface area contributed by atoms with E-state index in [1.165, 1.54) is 0 Å². The first-order valence-corrected chi connectivity index (χ1v) is 7.72. The smallest absolute Gasteiger partial charge is 0.303 e. The van der Waals surface area contributed by atoms with E-state index in [4.69, 9.17) is 16.7 Å². The zero-order chi connectivity index (χ0) is 15.0. The normalized spacial score (nSPS) is 27.7. The molecular weight excluding hydrogens is 290 g/mol. The molecule has 0 radical (unpaired) electrons. The quantitative estimate of drug-likeness (QED) is 0.933. The maximum absolute atomic E-state index is 12.7. The Bertz CT molecular complexity index is 560. The number of hydrogen-bond donors (Lipinski definition) is 1. The van der Waals surface area contributed by atoms with Crippen LogP contribution >= 0.6 is 11.6 Å². The van der Waals surface area contributed by atoms with Crippen molar-refractivity contribution in [3.8, 4) is 0 Å². The molecule has 0 aromatic heterocycles. The average Bonchev–Trinajstić information content (AvgIpc) is 2.69. The first kappa shape index (κ1) is 14.4. The van der Waals surface area contributed by atoms with E-state index in [-0.39, 0.29) is 30.3 Å². The molecule has 21 heavy (non-hydrogen) atoms. The van der Waals surface area contributed by atoms with E-state index in [0.29, 0.717) is 10.6 Å². The van der Waals surface area contributed by atoms with Crippen LogP contribution in [-0.2, 0) is 4.79 Å². The van der Waals surface area contributed by atoms with Crippen LogP contribution in [0.3, 0.4) is 0 Å². The highest BCUT2D eigenvalue weighted by Gasteiger charge is 2.43. The highest BCUT2D eigenvalue weighted by atomic mass is 35.5. The molecule has 2 atom stereocenters. The Kier molecular flexibility index (Phi) is 3.89. The van der Waals surface area contributed by atoms with Crippen molar-refractivity contribution < 1.29 is 14.7 Å². The summed E-state index contributed by atoms with van der Waals surface area (Å²) < 4.78 is 0. The molecule has 0 aliphatic carbocycles. The number of carbonyl (C=O) groups is 2. The van der Waals surface area contributed by atoms with E-state index in [9.17, 15) is 9.59 Å². The number of hydrogen-bond acceptors (Lipinski definition) is 2. The summed E-state index contributed by atoms with van der Waals surface area (Å²) in [6.07, 6.45) is 3.77. The van der Waals surface area contributed by atoms with E-state index in [2.05, 4.69) is 0 Å². The zero-order valence-electron chi connectivity index (χ0n) is 11.7. The number of carbonyl (C=O) groups excluding carboxylic acids is 1. The third-order valence-corrected chi connectivity index (χ3v) is 4.84. The minimum atomic E-state index is -0.742. The van der Waals surface area contributed by atoms with Gasteiger partial charge in [-0.1, -0.05) is 17.7 Å². The summed E-state index contributed by atoms with van der Waals surface area (Å²) >= 11 is 5.96. The Labute approximate surface area is 128 Å². The van der Waals surface area contributed by atoms with Gasteiger partial charge in [0.25, 0.3) is 5.91 Å². The second-order valence-electron chi connectivity index (χ2n) is 6.04. The van der Waals surface area contributed by atoms with Crippen LogP contribution in [0.4, 0.5) is 0 Å². The van der Waals surface area contributed by atoms with Gasteiger partial charge in [-0.3, -0.25) is 9.59 Å². The summed E-state index contributed by atoms with van der Waals surface area (Å²) in [6.45, 7) is 0. The molecule has 0 spiro atoms. The van der Waals surface area contributed by atoms with E-state index in [1.807, 2.05) is 4.90 Å². The van der Waals surface area contributed by atoms with Crippen LogP contribution in [0.2, 0.25) is 5.02 Å². The van der Waals surface area contributed by atoms with Crippen molar-refractivity contribution in [2.75, 3.05) is 0 Å². The fourth-order valence-electron chi connectivity index (χ4n) is 3.81. The predicted molar refractivity (Wildman–Crippen MR) is 79.4 cm³/mol. The lowest BCUT2D eigenvalue weighted by molar-refractivity contribution is -0.138. The van der Waals surface area contributed by atoms with Gasteiger partial charge in [0, 0.05) is 29.1 Å². The number of rotatable bonds is 3. The van der Waals surface area contributed by atoms with Gasteiger partial charge in [-0.05, 0) is 49.8 Å². The third kappa shape index (κ3) is 2.91. The van der Waals surface area contributed by atoms with Gasteiger partial charge in [-0.25, -0.2) is 0 Å².